The van der Waals surface area contributed by atoms with Gasteiger partial charge in [-0.3, -0.25) is 4.79 Å². The van der Waals surface area contributed by atoms with Crippen LogP contribution in [-0.4, -0.2) is 44.6 Å². The quantitative estimate of drug-likeness (QED) is 0.852. The Balaban J connectivity index is 1.88. The van der Waals surface area contributed by atoms with Gasteiger partial charge < -0.3 is 19.9 Å². The van der Waals surface area contributed by atoms with Gasteiger partial charge in [-0.1, -0.05) is 13.8 Å². The fourth-order valence-electron chi connectivity index (χ4n) is 2.26. The van der Waals surface area contributed by atoms with Crippen LogP contribution in [0.5, 0.6) is 0 Å². The molecule has 1 aromatic rings. The molecule has 1 aliphatic rings. The summed E-state index contributed by atoms with van der Waals surface area (Å²) in [7, 11) is 0. The molecule has 2 amide bonds. The smallest absolute Gasteiger partial charge is 0.317 e. The largest absolute Gasteiger partial charge is 0.481 e. The van der Waals surface area contributed by atoms with Crippen LogP contribution in [0.1, 0.15) is 19.7 Å². The van der Waals surface area contributed by atoms with E-state index in [2.05, 4.69) is 10.3 Å². The molecule has 0 aromatic carbocycles. The van der Waals surface area contributed by atoms with Crippen molar-refractivity contribution in [2.75, 3.05) is 13.1 Å². The van der Waals surface area contributed by atoms with Crippen molar-refractivity contribution in [3.05, 3.63) is 18.2 Å². The first kappa shape index (κ1) is 14.4. The standard InChI is InChI=1S/C13H20N4O3/c1-9(2)10(12(18)19)7-15-13(20)17-6-5-16-4-3-14-11(16)8-17/h3-4,9-10H,5-8H2,1-2H3,(H,15,20)(H,18,19). The second-order valence-corrected chi connectivity index (χ2v) is 5.33. The molecule has 7 nitrogen and oxygen atoms in total. The van der Waals surface area contributed by atoms with Crippen molar-refractivity contribution in [2.24, 2.45) is 11.8 Å². The molecule has 0 radical (unpaired) electrons. The highest BCUT2D eigenvalue weighted by atomic mass is 16.4. The Labute approximate surface area is 117 Å². The van der Waals surface area contributed by atoms with Gasteiger partial charge in [-0.2, -0.15) is 0 Å². The van der Waals surface area contributed by atoms with E-state index in [-0.39, 0.29) is 18.5 Å². The Morgan fingerprint density at radius 3 is 2.85 bits per heavy atom. The van der Waals surface area contributed by atoms with Crippen LogP contribution in [0.3, 0.4) is 0 Å². The number of carbonyl (C=O) groups is 2. The van der Waals surface area contributed by atoms with E-state index in [4.69, 9.17) is 5.11 Å². The molecule has 2 rings (SSSR count). The van der Waals surface area contributed by atoms with Crippen molar-refractivity contribution in [2.45, 2.75) is 26.9 Å². The molecule has 0 fully saturated rings. The summed E-state index contributed by atoms with van der Waals surface area (Å²) in [5.74, 6) is -0.613. The van der Waals surface area contributed by atoms with E-state index in [0.717, 1.165) is 12.4 Å². The van der Waals surface area contributed by atoms with E-state index in [0.29, 0.717) is 13.1 Å². The molecule has 1 atom stereocenters. The molecule has 7 heteroatoms. The molecular weight excluding hydrogens is 260 g/mol. The van der Waals surface area contributed by atoms with Gasteiger partial charge in [0.1, 0.15) is 5.82 Å². The average Bonchev–Trinajstić information content (AvgIpc) is 2.84. The van der Waals surface area contributed by atoms with Gasteiger partial charge in [0.25, 0.3) is 0 Å². The monoisotopic (exact) mass is 280 g/mol. The zero-order chi connectivity index (χ0) is 14.7. The predicted molar refractivity (Wildman–Crippen MR) is 72.0 cm³/mol. The van der Waals surface area contributed by atoms with Gasteiger partial charge in [0.2, 0.25) is 0 Å². The molecule has 0 spiro atoms. The summed E-state index contributed by atoms with van der Waals surface area (Å²) < 4.78 is 2.01. The normalized spacial score (nSPS) is 15.8. The van der Waals surface area contributed by atoms with E-state index in [1.165, 1.54) is 0 Å². The van der Waals surface area contributed by atoms with Crippen LogP contribution in [0, 0.1) is 11.8 Å². The van der Waals surface area contributed by atoms with E-state index in [1.54, 1.807) is 11.1 Å². The number of hydrogen-bond acceptors (Lipinski definition) is 3. The summed E-state index contributed by atoms with van der Waals surface area (Å²) >= 11 is 0. The predicted octanol–water partition coefficient (Wildman–Crippen LogP) is 0.765. The minimum absolute atomic E-state index is 0.0203. The minimum atomic E-state index is -0.880. The lowest BCUT2D eigenvalue weighted by Crippen LogP contribution is -2.46. The van der Waals surface area contributed by atoms with Crippen LogP contribution in [0.25, 0.3) is 0 Å². The van der Waals surface area contributed by atoms with Gasteiger partial charge >= 0.3 is 12.0 Å². The summed E-state index contributed by atoms with van der Waals surface area (Å²) in [5.41, 5.74) is 0. The fourth-order valence-corrected chi connectivity index (χ4v) is 2.26. The van der Waals surface area contributed by atoms with Crippen LogP contribution in [0.4, 0.5) is 4.79 Å². The van der Waals surface area contributed by atoms with E-state index in [1.807, 2.05) is 24.6 Å². The second kappa shape index (κ2) is 5.94. The molecule has 1 aromatic heterocycles. The first-order valence-corrected chi connectivity index (χ1v) is 6.74. The average molecular weight is 280 g/mol. The molecule has 0 saturated heterocycles. The van der Waals surface area contributed by atoms with Crippen LogP contribution in [0.15, 0.2) is 12.4 Å². The number of carbonyl (C=O) groups excluding carboxylic acids is 1. The summed E-state index contributed by atoms with van der Waals surface area (Å²) in [6.45, 7) is 5.60. The Kier molecular flexibility index (Phi) is 4.26. The van der Waals surface area contributed by atoms with Gasteiger partial charge in [-0.25, -0.2) is 9.78 Å². The Morgan fingerprint density at radius 1 is 1.45 bits per heavy atom. The lowest BCUT2D eigenvalue weighted by molar-refractivity contribution is -0.142. The lowest BCUT2D eigenvalue weighted by atomic mass is 9.96. The van der Waals surface area contributed by atoms with Crippen molar-refractivity contribution in [1.29, 1.82) is 0 Å². The van der Waals surface area contributed by atoms with Crippen molar-refractivity contribution in [3.63, 3.8) is 0 Å². The van der Waals surface area contributed by atoms with Crippen molar-refractivity contribution in [3.8, 4) is 0 Å². The third-order valence-corrected chi connectivity index (χ3v) is 3.63. The lowest BCUT2D eigenvalue weighted by Gasteiger charge is -2.28. The van der Waals surface area contributed by atoms with Gasteiger partial charge in [0, 0.05) is 32.0 Å². The number of nitrogens with zero attached hydrogens (tertiary/aromatic N) is 3. The van der Waals surface area contributed by atoms with E-state index < -0.39 is 11.9 Å². The van der Waals surface area contributed by atoms with Crippen LogP contribution < -0.4 is 5.32 Å². The Hall–Kier alpha value is -2.05. The maximum absolute atomic E-state index is 12.1. The van der Waals surface area contributed by atoms with Crippen molar-refractivity contribution >= 4 is 12.0 Å². The van der Waals surface area contributed by atoms with Crippen molar-refractivity contribution < 1.29 is 14.7 Å². The summed E-state index contributed by atoms with van der Waals surface area (Å²) in [4.78, 5) is 29.0. The van der Waals surface area contributed by atoms with Gasteiger partial charge in [-0.15, -0.1) is 0 Å². The number of aromatic nitrogens is 2. The van der Waals surface area contributed by atoms with Crippen LogP contribution in [-0.2, 0) is 17.9 Å². The molecule has 0 saturated carbocycles. The first-order valence-electron chi connectivity index (χ1n) is 6.74. The third-order valence-electron chi connectivity index (χ3n) is 3.63. The first-order chi connectivity index (χ1) is 9.49. The number of carboxylic acid groups (broad SMARTS) is 1. The maximum atomic E-state index is 12.1. The summed E-state index contributed by atoms with van der Waals surface area (Å²) in [6.07, 6.45) is 3.61. The number of carboxylic acids is 1. The topological polar surface area (TPSA) is 87.5 Å². The number of rotatable bonds is 4. The van der Waals surface area contributed by atoms with Crippen molar-refractivity contribution in [1.82, 2.24) is 19.8 Å². The van der Waals surface area contributed by atoms with Crippen LogP contribution >= 0.6 is 0 Å². The molecule has 0 bridgehead atoms. The SMILES string of the molecule is CC(C)C(CNC(=O)N1CCn2ccnc2C1)C(=O)O. The molecule has 0 aliphatic carbocycles. The third kappa shape index (κ3) is 3.09. The van der Waals surface area contributed by atoms with E-state index in [9.17, 15) is 9.59 Å². The molecule has 2 N–H and O–H groups in total. The Bertz CT molecular complexity index is 498. The molecule has 1 aliphatic heterocycles. The minimum Gasteiger partial charge on any atom is -0.481 e. The zero-order valence-corrected chi connectivity index (χ0v) is 11.7. The molecule has 2 heterocycles. The number of imidazole rings is 1. The highest BCUT2D eigenvalue weighted by molar-refractivity contribution is 5.76. The van der Waals surface area contributed by atoms with Gasteiger partial charge in [0.15, 0.2) is 0 Å². The fraction of sp³-hybridized carbons (Fsp3) is 0.615. The maximum Gasteiger partial charge on any atom is 0.317 e. The number of aliphatic carboxylic acids is 1. The number of nitrogens with one attached hydrogen (secondary N) is 1. The number of amides is 2. The highest BCUT2D eigenvalue weighted by Gasteiger charge is 2.25. The second-order valence-electron chi connectivity index (χ2n) is 5.33. The van der Waals surface area contributed by atoms with Gasteiger partial charge in [-0.05, 0) is 5.92 Å². The number of fused-ring (bicyclic) bond motifs is 1. The van der Waals surface area contributed by atoms with Crippen LogP contribution in [0.2, 0.25) is 0 Å². The van der Waals surface area contributed by atoms with Gasteiger partial charge in [0.05, 0.1) is 12.5 Å². The number of hydrogen-bond donors (Lipinski definition) is 2. The molecule has 1 unspecified atom stereocenters. The Morgan fingerprint density at radius 2 is 2.20 bits per heavy atom. The number of urea groups is 1. The summed E-state index contributed by atoms with van der Waals surface area (Å²) in [5, 5.41) is 11.8. The zero-order valence-electron chi connectivity index (χ0n) is 11.7. The highest BCUT2D eigenvalue weighted by Crippen LogP contribution is 2.12. The summed E-state index contributed by atoms with van der Waals surface area (Å²) in [6, 6.07) is -0.230. The van der Waals surface area contributed by atoms with E-state index >= 15 is 0 Å². The molecule has 110 valence electrons. The molecule has 20 heavy (non-hydrogen) atoms. The molecular formula is C13H20N4O3.